The topological polar surface area (TPSA) is 26.0 Å². The third kappa shape index (κ3) is 2.13. The van der Waals surface area contributed by atoms with Crippen molar-refractivity contribution >= 4 is 17.5 Å². The molecule has 0 aromatic heterocycles. The molecule has 0 saturated carbocycles. The molecule has 12 heavy (non-hydrogen) atoms. The zero-order valence-corrected chi connectivity index (χ0v) is 8.19. The van der Waals surface area contributed by atoms with Gasteiger partial charge in [0.05, 0.1) is 0 Å². The Morgan fingerprint density at radius 2 is 1.75 bits per heavy atom. The molecule has 0 heterocycles. The van der Waals surface area contributed by atoms with Crippen LogP contribution in [0.3, 0.4) is 0 Å². The largest absolute Gasteiger partial charge is 0.274 e. The van der Waals surface area contributed by atoms with E-state index in [0.717, 1.165) is 0 Å². The third-order valence-electron chi connectivity index (χ3n) is 1.91. The van der Waals surface area contributed by atoms with Gasteiger partial charge in [-0.25, -0.2) is 0 Å². The lowest BCUT2D eigenvalue weighted by molar-refractivity contribution is 1.52. The average Bonchev–Trinajstić information content (AvgIpc) is 2.17. The van der Waals surface area contributed by atoms with E-state index in [-0.39, 0.29) is 0 Å². The Balaban J connectivity index is 3.00. The fraction of sp³-hybridized carbons (Fsp3) is 0.200. The van der Waals surface area contributed by atoms with Gasteiger partial charge < -0.3 is 0 Å². The summed E-state index contributed by atoms with van der Waals surface area (Å²) in [5.74, 6) is 0. The summed E-state index contributed by atoms with van der Waals surface area (Å²) < 4.78 is 0. The lowest BCUT2D eigenvalue weighted by atomic mass is 10.1. The van der Waals surface area contributed by atoms with Crippen molar-refractivity contribution in [1.82, 2.24) is 0 Å². The molecule has 1 nitrogen and oxygen atoms in total. The van der Waals surface area contributed by atoms with E-state index in [4.69, 9.17) is 5.14 Å². The van der Waals surface area contributed by atoms with Crippen LogP contribution in [0.4, 0.5) is 0 Å². The molecular formula is C10H13NS. The maximum atomic E-state index is 5.47. The predicted molar refractivity (Wildman–Crippen MR) is 56.5 cm³/mol. The summed E-state index contributed by atoms with van der Waals surface area (Å²) in [5, 5.41) is 5.47. The minimum Gasteiger partial charge on any atom is -0.274 e. The summed E-state index contributed by atoms with van der Waals surface area (Å²) in [6.45, 7) is 4.12. The van der Waals surface area contributed by atoms with Crippen LogP contribution in [0.5, 0.6) is 0 Å². The molecule has 0 radical (unpaired) electrons. The highest BCUT2D eigenvalue weighted by Crippen LogP contribution is 2.22. The molecule has 2 heteroatoms. The predicted octanol–water partition coefficient (Wildman–Crippen LogP) is 3.04. The first-order valence-corrected chi connectivity index (χ1v) is 4.73. The summed E-state index contributed by atoms with van der Waals surface area (Å²) in [4.78, 5) is 1.17. The Labute approximate surface area is 77.8 Å². The molecule has 0 fully saturated rings. The highest BCUT2D eigenvalue weighted by molar-refractivity contribution is 8.01. The number of hydrogen-bond donors (Lipinski definition) is 1. The van der Waals surface area contributed by atoms with E-state index in [0.29, 0.717) is 0 Å². The van der Waals surface area contributed by atoms with Crippen molar-refractivity contribution in [1.29, 1.82) is 0 Å². The van der Waals surface area contributed by atoms with Crippen molar-refractivity contribution in [3.05, 3.63) is 40.8 Å². The molecule has 0 saturated heterocycles. The molecule has 1 rings (SSSR count). The SMILES string of the molecule is C/C(SN)=C(/C)c1ccccc1. The second kappa shape index (κ2) is 4.33. The number of hydrogen-bond acceptors (Lipinski definition) is 2. The quantitative estimate of drug-likeness (QED) is 0.706. The second-order valence-corrected chi connectivity index (χ2v) is 3.51. The van der Waals surface area contributed by atoms with E-state index in [9.17, 15) is 0 Å². The van der Waals surface area contributed by atoms with Gasteiger partial charge in [-0.1, -0.05) is 42.3 Å². The summed E-state index contributed by atoms with van der Waals surface area (Å²) in [6.07, 6.45) is 0. The summed E-state index contributed by atoms with van der Waals surface area (Å²) >= 11 is 1.31. The minimum absolute atomic E-state index is 1.17. The van der Waals surface area contributed by atoms with Gasteiger partial charge >= 0.3 is 0 Å². The second-order valence-electron chi connectivity index (χ2n) is 2.67. The van der Waals surface area contributed by atoms with Crippen LogP contribution in [0.25, 0.3) is 5.57 Å². The van der Waals surface area contributed by atoms with Crippen molar-refractivity contribution < 1.29 is 0 Å². The van der Waals surface area contributed by atoms with E-state index in [1.165, 1.54) is 28.0 Å². The molecule has 64 valence electrons. The molecule has 0 aliphatic heterocycles. The monoisotopic (exact) mass is 179 g/mol. The van der Waals surface area contributed by atoms with E-state index in [1.54, 1.807) is 0 Å². The minimum atomic E-state index is 1.17. The van der Waals surface area contributed by atoms with Crippen molar-refractivity contribution in [2.24, 2.45) is 5.14 Å². The van der Waals surface area contributed by atoms with Gasteiger partial charge in [-0.15, -0.1) is 0 Å². The highest BCUT2D eigenvalue weighted by atomic mass is 32.2. The number of nitrogens with two attached hydrogens (primary N) is 1. The van der Waals surface area contributed by atoms with Crippen molar-refractivity contribution in [2.45, 2.75) is 13.8 Å². The van der Waals surface area contributed by atoms with E-state index < -0.39 is 0 Å². The van der Waals surface area contributed by atoms with Gasteiger partial charge in [0.15, 0.2) is 0 Å². The van der Waals surface area contributed by atoms with Gasteiger partial charge in [0, 0.05) is 4.91 Å². The Morgan fingerprint density at radius 1 is 1.17 bits per heavy atom. The zero-order valence-electron chi connectivity index (χ0n) is 7.37. The fourth-order valence-corrected chi connectivity index (χ4v) is 1.27. The molecule has 0 bridgehead atoms. The summed E-state index contributed by atoms with van der Waals surface area (Å²) in [5.41, 5.74) is 2.50. The number of rotatable bonds is 2. The zero-order chi connectivity index (χ0) is 8.97. The van der Waals surface area contributed by atoms with Crippen LogP contribution in [-0.2, 0) is 0 Å². The molecule has 0 aliphatic carbocycles. The fourth-order valence-electron chi connectivity index (χ4n) is 0.980. The van der Waals surface area contributed by atoms with Gasteiger partial charge in [0.25, 0.3) is 0 Å². The molecule has 0 aliphatic rings. The van der Waals surface area contributed by atoms with E-state index in [2.05, 4.69) is 19.1 Å². The van der Waals surface area contributed by atoms with E-state index >= 15 is 0 Å². The Bertz CT molecular complexity index is 277. The maximum absolute atomic E-state index is 5.47. The first-order chi connectivity index (χ1) is 5.75. The van der Waals surface area contributed by atoms with Crippen LogP contribution in [0.15, 0.2) is 35.2 Å². The Kier molecular flexibility index (Phi) is 3.38. The first-order valence-electron chi connectivity index (χ1n) is 3.85. The lowest BCUT2D eigenvalue weighted by Gasteiger charge is -2.04. The van der Waals surface area contributed by atoms with Gasteiger partial charge in [-0.2, -0.15) is 0 Å². The van der Waals surface area contributed by atoms with E-state index in [1.807, 2.05) is 25.1 Å². The van der Waals surface area contributed by atoms with Gasteiger partial charge in [-0.3, -0.25) is 5.14 Å². The van der Waals surface area contributed by atoms with Crippen LogP contribution in [-0.4, -0.2) is 0 Å². The van der Waals surface area contributed by atoms with Gasteiger partial charge in [0.2, 0.25) is 0 Å². The normalized spacial score (nSPS) is 12.6. The third-order valence-corrected chi connectivity index (χ3v) is 2.57. The molecule has 0 amide bonds. The maximum Gasteiger partial charge on any atom is 0.000516 e. The van der Waals surface area contributed by atoms with Crippen molar-refractivity contribution in [3.8, 4) is 0 Å². The summed E-state index contributed by atoms with van der Waals surface area (Å²) in [7, 11) is 0. The average molecular weight is 179 g/mol. The van der Waals surface area contributed by atoms with Crippen molar-refractivity contribution in [2.75, 3.05) is 0 Å². The smallest absolute Gasteiger partial charge is 0.000516 e. The molecule has 2 N–H and O–H groups in total. The number of allylic oxidation sites excluding steroid dienone is 2. The van der Waals surface area contributed by atoms with Crippen LogP contribution in [0, 0.1) is 0 Å². The Morgan fingerprint density at radius 3 is 2.25 bits per heavy atom. The van der Waals surface area contributed by atoms with Crippen LogP contribution in [0.2, 0.25) is 0 Å². The standard InChI is InChI=1S/C10H13NS/c1-8(9(2)12-11)10-6-4-3-5-7-10/h3-7H,11H2,1-2H3/b9-8+. The van der Waals surface area contributed by atoms with Crippen LogP contribution < -0.4 is 5.14 Å². The molecule has 0 unspecified atom stereocenters. The number of benzene rings is 1. The molecular weight excluding hydrogens is 166 g/mol. The van der Waals surface area contributed by atoms with Crippen molar-refractivity contribution in [3.63, 3.8) is 0 Å². The molecule has 1 aromatic carbocycles. The molecule has 0 atom stereocenters. The summed E-state index contributed by atoms with van der Waals surface area (Å²) in [6, 6.07) is 10.3. The van der Waals surface area contributed by atoms with Gasteiger partial charge in [-0.05, 0) is 25.0 Å². The van der Waals surface area contributed by atoms with Crippen LogP contribution >= 0.6 is 11.9 Å². The highest BCUT2D eigenvalue weighted by Gasteiger charge is 1.97. The Hall–Kier alpha value is -0.730. The van der Waals surface area contributed by atoms with Crippen LogP contribution in [0.1, 0.15) is 19.4 Å². The molecule has 0 spiro atoms. The lowest BCUT2D eigenvalue weighted by Crippen LogP contribution is -1.84. The van der Waals surface area contributed by atoms with Gasteiger partial charge in [0.1, 0.15) is 0 Å². The molecule has 1 aromatic rings. The first kappa shape index (κ1) is 9.36.